The molecular formula is C23H23F5N2O5. The highest BCUT2D eigenvalue weighted by Gasteiger charge is 2.66. The van der Waals surface area contributed by atoms with Gasteiger partial charge in [0.2, 0.25) is 5.82 Å². The average molecular weight is 502 g/mol. The van der Waals surface area contributed by atoms with E-state index in [9.17, 15) is 31.5 Å². The van der Waals surface area contributed by atoms with E-state index in [2.05, 4.69) is 15.0 Å². The van der Waals surface area contributed by atoms with Crippen molar-refractivity contribution in [3.8, 4) is 5.75 Å². The molecule has 7 nitrogen and oxygen atoms in total. The molecule has 1 aromatic heterocycles. The molecule has 2 heterocycles. The van der Waals surface area contributed by atoms with Gasteiger partial charge in [0.05, 0.1) is 14.2 Å². The first-order valence-corrected chi connectivity index (χ1v) is 10.5. The van der Waals surface area contributed by atoms with Gasteiger partial charge in [-0.25, -0.2) is 14.2 Å². The summed E-state index contributed by atoms with van der Waals surface area (Å²) in [6, 6.07) is 4.32. The minimum Gasteiger partial charge on any atom is -0.493 e. The van der Waals surface area contributed by atoms with Crippen LogP contribution in [-0.4, -0.2) is 49.0 Å². The van der Waals surface area contributed by atoms with Crippen molar-refractivity contribution < 1.29 is 45.8 Å². The van der Waals surface area contributed by atoms with Crippen LogP contribution < -0.4 is 10.1 Å². The number of hydrogen-bond acceptors (Lipinski definition) is 6. The van der Waals surface area contributed by atoms with Crippen LogP contribution in [0.2, 0.25) is 0 Å². The van der Waals surface area contributed by atoms with E-state index in [0.717, 1.165) is 33.3 Å². The molecule has 2 aromatic rings. The Balaban J connectivity index is 2.10. The van der Waals surface area contributed by atoms with Crippen molar-refractivity contribution in [2.24, 2.45) is 5.92 Å². The second-order valence-corrected chi connectivity index (χ2v) is 8.08. The van der Waals surface area contributed by atoms with Gasteiger partial charge in [0.15, 0.2) is 17.2 Å². The topological polar surface area (TPSA) is 86.8 Å². The lowest BCUT2D eigenvalue weighted by atomic mass is 9.74. The van der Waals surface area contributed by atoms with E-state index in [0.29, 0.717) is 0 Å². The van der Waals surface area contributed by atoms with Gasteiger partial charge in [0, 0.05) is 29.3 Å². The Kier molecular flexibility index (Phi) is 7.34. The summed E-state index contributed by atoms with van der Waals surface area (Å²) in [7, 11) is 2.17. The second kappa shape index (κ2) is 9.76. The molecule has 0 radical (unpaired) electrons. The number of hydrogen-bond donors (Lipinski definition) is 1. The van der Waals surface area contributed by atoms with E-state index < -0.39 is 59.0 Å². The van der Waals surface area contributed by atoms with Gasteiger partial charge in [-0.3, -0.25) is 4.79 Å². The number of aromatic nitrogens is 1. The Labute approximate surface area is 197 Å². The first-order chi connectivity index (χ1) is 16.4. The molecule has 1 fully saturated rings. The van der Waals surface area contributed by atoms with Crippen LogP contribution in [0.3, 0.4) is 0 Å². The van der Waals surface area contributed by atoms with Crippen molar-refractivity contribution in [3.05, 3.63) is 53.4 Å². The number of amides is 1. The lowest BCUT2D eigenvalue weighted by Gasteiger charge is -2.33. The zero-order valence-corrected chi connectivity index (χ0v) is 19.2. The first kappa shape index (κ1) is 26.3. The third kappa shape index (κ3) is 4.66. The molecule has 35 heavy (non-hydrogen) atoms. The van der Waals surface area contributed by atoms with Gasteiger partial charge in [0.25, 0.3) is 5.91 Å². The number of pyridine rings is 1. The molecule has 12 heteroatoms. The summed E-state index contributed by atoms with van der Waals surface area (Å²) in [5, 5.41) is 2.41. The number of benzene rings is 1. The summed E-state index contributed by atoms with van der Waals surface area (Å²) >= 11 is 0. The predicted octanol–water partition coefficient (Wildman–Crippen LogP) is 4.62. The molecule has 1 aromatic carbocycles. The van der Waals surface area contributed by atoms with Crippen molar-refractivity contribution >= 4 is 17.6 Å². The van der Waals surface area contributed by atoms with Gasteiger partial charge in [-0.1, -0.05) is 13.0 Å². The van der Waals surface area contributed by atoms with E-state index in [1.807, 2.05) is 0 Å². The molecule has 190 valence electrons. The van der Waals surface area contributed by atoms with Crippen molar-refractivity contribution in [2.75, 3.05) is 19.5 Å². The van der Waals surface area contributed by atoms with E-state index in [4.69, 9.17) is 9.47 Å². The summed E-state index contributed by atoms with van der Waals surface area (Å²) in [5.74, 6) is -7.74. The number of carbonyl (C=O) groups excluding carboxylic acids is 2. The Hall–Kier alpha value is -3.28. The van der Waals surface area contributed by atoms with Gasteiger partial charge < -0.3 is 19.5 Å². The van der Waals surface area contributed by atoms with E-state index in [-0.39, 0.29) is 23.4 Å². The van der Waals surface area contributed by atoms with Crippen LogP contribution in [0, 0.1) is 17.6 Å². The van der Waals surface area contributed by atoms with Crippen LogP contribution in [0.4, 0.5) is 27.6 Å². The van der Waals surface area contributed by atoms with Gasteiger partial charge in [0.1, 0.15) is 11.8 Å². The normalized spacial score (nSPS) is 24.2. The first-order valence-electron chi connectivity index (χ1n) is 10.5. The number of alkyl halides is 3. The molecule has 0 aliphatic carbocycles. The fourth-order valence-corrected chi connectivity index (χ4v) is 4.45. The largest absolute Gasteiger partial charge is 0.493 e. The molecule has 1 amide bonds. The minimum atomic E-state index is -4.89. The molecule has 1 aliphatic rings. The fraction of sp³-hybridized carbons (Fsp3) is 0.435. The summed E-state index contributed by atoms with van der Waals surface area (Å²) < 4.78 is 85.7. The Morgan fingerprint density at radius 2 is 1.89 bits per heavy atom. The standard InChI is InChI=1S/C23H23F5N2O5/c1-5-13-16(12-6-7-14(24)17(25)18(12)33-3)19(35-22(13,2)23(26,27)28)20(31)30-11-8-9-29-15(10-11)21(32)34-4/h6-10,13,16,19H,5H2,1-4H3,(H,29,30,31)/t13-,16+,19+,22+/m0/s1. The molecule has 1 aliphatic heterocycles. The lowest BCUT2D eigenvalue weighted by molar-refractivity contribution is -0.274. The number of nitrogens with zero attached hydrogens (tertiary/aromatic N) is 1. The van der Waals surface area contributed by atoms with Crippen LogP contribution in [0.25, 0.3) is 0 Å². The highest BCUT2D eigenvalue weighted by atomic mass is 19.4. The molecule has 1 N–H and O–H groups in total. The third-order valence-electron chi connectivity index (χ3n) is 6.17. The van der Waals surface area contributed by atoms with Gasteiger partial charge in [-0.15, -0.1) is 0 Å². The van der Waals surface area contributed by atoms with E-state index in [1.165, 1.54) is 25.3 Å². The maximum absolute atomic E-state index is 14.5. The van der Waals surface area contributed by atoms with Gasteiger partial charge >= 0.3 is 12.1 Å². The zero-order chi connectivity index (χ0) is 26.1. The third-order valence-corrected chi connectivity index (χ3v) is 6.17. The predicted molar refractivity (Wildman–Crippen MR) is 113 cm³/mol. The van der Waals surface area contributed by atoms with Crippen LogP contribution in [0.15, 0.2) is 30.5 Å². The smallest absolute Gasteiger partial charge is 0.417 e. The quantitative estimate of drug-likeness (QED) is 0.458. The summed E-state index contributed by atoms with van der Waals surface area (Å²) in [6.45, 7) is 2.29. The molecule has 0 bridgehead atoms. The summed E-state index contributed by atoms with van der Waals surface area (Å²) in [5.41, 5.74) is -3.03. The number of esters is 1. The summed E-state index contributed by atoms with van der Waals surface area (Å²) in [6.07, 6.45) is -5.56. The van der Waals surface area contributed by atoms with E-state index >= 15 is 0 Å². The number of rotatable bonds is 6. The zero-order valence-electron chi connectivity index (χ0n) is 19.2. The summed E-state index contributed by atoms with van der Waals surface area (Å²) in [4.78, 5) is 28.8. The monoisotopic (exact) mass is 502 g/mol. The minimum absolute atomic E-state index is 0.0404. The number of anilines is 1. The maximum Gasteiger partial charge on any atom is 0.417 e. The molecule has 3 rings (SSSR count). The molecule has 0 spiro atoms. The number of carbonyl (C=O) groups is 2. The van der Waals surface area contributed by atoms with Crippen LogP contribution in [-0.2, 0) is 14.3 Å². The van der Waals surface area contributed by atoms with Crippen LogP contribution in [0.1, 0.15) is 42.2 Å². The molecule has 0 unspecified atom stereocenters. The van der Waals surface area contributed by atoms with Gasteiger partial charge in [-0.05, 0) is 31.5 Å². The SMILES string of the molecule is CC[C@H]1[C@@H](c2ccc(F)c(F)c2OC)[C@H](C(=O)Nc2ccnc(C(=O)OC)c2)O[C@@]1(C)C(F)(F)F. The molecule has 4 atom stereocenters. The average Bonchev–Trinajstić information content (AvgIpc) is 3.13. The second-order valence-electron chi connectivity index (χ2n) is 8.08. The van der Waals surface area contributed by atoms with Crippen molar-refractivity contribution in [3.63, 3.8) is 0 Å². The Morgan fingerprint density at radius 3 is 2.46 bits per heavy atom. The molecule has 0 saturated carbocycles. The Bertz CT molecular complexity index is 1130. The number of nitrogens with one attached hydrogen (secondary N) is 1. The lowest BCUT2D eigenvalue weighted by Crippen LogP contribution is -2.48. The van der Waals surface area contributed by atoms with Crippen LogP contribution in [0.5, 0.6) is 5.75 Å². The van der Waals surface area contributed by atoms with E-state index in [1.54, 1.807) is 0 Å². The van der Waals surface area contributed by atoms with Crippen molar-refractivity contribution in [2.45, 2.75) is 44.1 Å². The number of methoxy groups -OCH3 is 2. The fourth-order valence-electron chi connectivity index (χ4n) is 4.45. The molecular weight excluding hydrogens is 479 g/mol. The maximum atomic E-state index is 14.5. The highest BCUT2D eigenvalue weighted by Crippen LogP contribution is 2.56. The van der Waals surface area contributed by atoms with Gasteiger partial charge in [-0.2, -0.15) is 17.6 Å². The van der Waals surface area contributed by atoms with Crippen molar-refractivity contribution in [1.29, 1.82) is 0 Å². The number of halogens is 5. The Morgan fingerprint density at radius 1 is 1.20 bits per heavy atom. The van der Waals surface area contributed by atoms with Crippen LogP contribution >= 0.6 is 0 Å². The number of ether oxygens (including phenoxy) is 3. The molecule has 1 saturated heterocycles. The van der Waals surface area contributed by atoms with Crippen molar-refractivity contribution in [1.82, 2.24) is 4.98 Å². The highest BCUT2D eigenvalue weighted by molar-refractivity contribution is 5.96.